The molecule has 5 heteroatoms. The van der Waals surface area contributed by atoms with Gasteiger partial charge in [0.15, 0.2) is 0 Å². The van der Waals surface area contributed by atoms with Crippen molar-refractivity contribution in [2.75, 3.05) is 6.54 Å². The quantitative estimate of drug-likeness (QED) is 0.780. The molecule has 0 N–H and O–H groups in total. The Labute approximate surface area is 149 Å². The highest BCUT2D eigenvalue weighted by Gasteiger charge is 2.52. The number of carbonyl (C=O) groups excluding carboxylic acids is 2. The minimum absolute atomic E-state index is 0.228. The van der Waals surface area contributed by atoms with E-state index >= 15 is 0 Å². The van der Waals surface area contributed by atoms with Crippen LogP contribution in [-0.4, -0.2) is 35.2 Å². The van der Waals surface area contributed by atoms with Crippen molar-refractivity contribution < 1.29 is 19.1 Å². The van der Waals surface area contributed by atoms with E-state index in [0.29, 0.717) is 13.0 Å². The fourth-order valence-electron chi connectivity index (χ4n) is 3.34. The van der Waals surface area contributed by atoms with Crippen LogP contribution in [0.15, 0.2) is 30.3 Å². The van der Waals surface area contributed by atoms with E-state index in [1.165, 1.54) is 0 Å². The second kappa shape index (κ2) is 6.70. The summed E-state index contributed by atoms with van der Waals surface area (Å²) < 4.78 is 11.0. The Hall–Kier alpha value is -2.04. The first-order valence-corrected chi connectivity index (χ1v) is 8.98. The molecule has 1 spiro atoms. The van der Waals surface area contributed by atoms with Gasteiger partial charge >= 0.3 is 12.1 Å². The van der Waals surface area contributed by atoms with Gasteiger partial charge in [-0.15, -0.1) is 0 Å². The minimum Gasteiger partial charge on any atom is -0.459 e. The van der Waals surface area contributed by atoms with Gasteiger partial charge in [-0.2, -0.15) is 0 Å². The largest absolute Gasteiger partial charge is 0.459 e. The molecule has 0 radical (unpaired) electrons. The van der Waals surface area contributed by atoms with Crippen LogP contribution in [0.3, 0.4) is 0 Å². The topological polar surface area (TPSA) is 55.8 Å². The third kappa shape index (κ3) is 4.53. The Bertz CT molecular complexity index is 631. The molecule has 136 valence electrons. The first kappa shape index (κ1) is 17.8. The van der Waals surface area contributed by atoms with Gasteiger partial charge in [0.2, 0.25) is 0 Å². The first-order chi connectivity index (χ1) is 11.8. The van der Waals surface area contributed by atoms with E-state index in [-0.39, 0.29) is 18.0 Å². The van der Waals surface area contributed by atoms with Crippen molar-refractivity contribution in [1.29, 1.82) is 0 Å². The molecule has 0 unspecified atom stereocenters. The molecule has 2 aliphatic rings. The van der Waals surface area contributed by atoms with Gasteiger partial charge in [-0.3, -0.25) is 4.90 Å². The van der Waals surface area contributed by atoms with Crippen LogP contribution in [0.5, 0.6) is 0 Å². The van der Waals surface area contributed by atoms with Gasteiger partial charge in [-0.1, -0.05) is 30.3 Å². The highest BCUT2D eigenvalue weighted by Crippen LogP contribution is 2.55. The highest BCUT2D eigenvalue weighted by molar-refractivity contribution is 5.82. The second-order valence-electron chi connectivity index (χ2n) is 8.24. The summed E-state index contributed by atoms with van der Waals surface area (Å²) in [4.78, 5) is 26.8. The zero-order valence-corrected chi connectivity index (χ0v) is 15.3. The summed E-state index contributed by atoms with van der Waals surface area (Å²) in [5.41, 5.74) is 0.593. The molecule has 1 aromatic rings. The number of piperidine rings is 1. The maximum atomic E-state index is 12.7. The molecule has 25 heavy (non-hydrogen) atoms. The van der Waals surface area contributed by atoms with Crippen LogP contribution in [0.25, 0.3) is 0 Å². The van der Waals surface area contributed by atoms with E-state index in [0.717, 1.165) is 24.8 Å². The zero-order valence-electron chi connectivity index (χ0n) is 15.3. The molecule has 1 atom stereocenters. The molecule has 5 nitrogen and oxygen atoms in total. The number of benzene rings is 1. The van der Waals surface area contributed by atoms with Crippen LogP contribution in [0.2, 0.25) is 0 Å². The number of esters is 1. The lowest BCUT2D eigenvalue weighted by Gasteiger charge is -2.38. The molecule has 1 aromatic carbocycles. The maximum Gasteiger partial charge on any atom is 0.411 e. The standard InChI is InChI=1S/C20H27NO4/c1-19(2,3)25-18(23)21-12-11-20(9-10-20)13-16(21)17(22)24-14-15-7-5-4-6-8-15/h4-8,16H,9-14H2,1-3H3/t16-/m1/s1. The number of nitrogens with zero attached hydrogens (tertiary/aromatic N) is 1. The zero-order chi connectivity index (χ0) is 18.1. The fourth-order valence-corrected chi connectivity index (χ4v) is 3.34. The number of ether oxygens (including phenoxy) is 2. The Balaban J connectivity index is 1.67. The van der Waals surface area contributed by atoms with Gasteiger partial charge in [-0.05, 0) is 57.4 Å². The maximum absolute atomic E-state index is 12.7. The lowest BCUT2D eigenvalue weighted by Crippen LogP contribution is -2.52. The van der Waals surface area contributed by atoms with E-state index in [2.05, 4.69) is 0 Å². The van der Waals surface area contributed by atoms with Crippen molar-refractivity contribution in [3.63, 3.8) is 0 Å². The van der Waals surface area contributed by atoms with Gasteiger partial charge in [0, 0.05) is 6.54 Å². The van der Waals surface area contributed by atoms with Crippen LogP contribution in [0.1, 0.15) is 52.0 Å². The Morgan fingerprint density at radius 1 is 1.16 bits per heavy atom. The van der Waals surface area contributed by atoms with Crippen LogP contribution in [0.4, 0.5) is 4.79 Å². The summed E-state index contributed by atoms with van der Waals surface area (Å²) in [6.45, 7) is 6.28. The number of amides is 1. The molecule has 3 rings (SSSR count). The molecule has 0 bridgehead atoms. The SMILES string of the molecule is CC(C)(C)OC(=O)N1CCC2(CC2)C[C@@H]1C(=O)OCc1ccccc1. The van der Waals surface area contributed by atoms with Gasteiger partial charge in [0.1, 0.15) is 18.2 Å². The molecule has 0 aromatic heterocycles. The van der Waals surface area contributed by atoms with Gasteiger partial charge in [-0.25, -0.2) is 9.59 Å². The lowest BCUT2D eigenvalue weighted by molar-refractivity contribution is -0.153. The van der Waals surface area contributed by atoms with Crippen molar-refractivity contribution in [2.45, 2.75) is 64.7 Å². The van der Waals surface area contributed by atoms with E-state index < -0.39 is 17.7 Å². The van der Waals surface area contributed by atoms with Crippen molar-refractivity contribution in [3.8, 4) is 0 Å². The highest BCUT2D eigenvalue weighted by atomic mass is 16.6. The molecule has 1 aliphatic carbocycles. The summed E-state index contributed by atoms with van der Waals surface area (Å²) in [7, 11) is 0. The average Bonchev–Trinajstić information content (AvgIpc) is 3.30. The molecular weight excluding hydrogens is 318 g/mol. The molecule has 1 saturated heterocycles. The summed E-state index contributed by atoms with van der Waals surface area (Å²) in [6.07, 6.45) is 3.47. The molecule has 1 amide bonds. The average molecular weight is 345 g/mol. The van der Waals surface area contributed by atoms with Crippen LogP contribution in [-0.2, 0) is 20.9 Å². The molecule has 2 fully saturated rings. The summed E-state index contributed by atoms with van der Waals surface area (Å²) in [6, 6.07) is 9.04. The second-order valence-corrected chi connectivity index (χ2v) is 8.24. The van der Waals surface area contributed by atoms with Gasteiger partial charge < -0.3 is 9.47 Å². The van der Waals surface area contributed by atoms with E-state index in [9.17, 15) is 9.59 Å². The number of hydrogen-bond acceptors (Lipinski definition) is 4. The summed E-state index contributed by atoms with van der Waals surface area (Å²) in [5.74, 6) is -0.333. The van der Waals surface area contributed by atoms with Gasteiger partial charge in [0.05, 0.1) is 0 Å². The van der Waals surface area contributed by atoms with E-state index in [4.69, 9.17) is 9.47 Å². The number of likely N-dealkylation sites (tertiary alicyclic amines) is 1. The third-order valence-corrected chi connectivity index (χ3v) is 4.97. The van der Waals surface area contributed by atoms with E-state index in [1.54, 1.807) is 4.90 Å². The normalized spacial score (nSPS) is 21.7. The van der Waals surface area contributed by atoms with Crippen molar-refractivity contribution >= 4 is 12.1 Å². The number of hydrogen-bond donors (Lipinski definition) is 0. The number of carbonyl (C=O) groups is 2. The predicted molar refractivity (Wildman–Crippen MR) is 93.9 cm³/mol. The minimum atomic E-state index is -0.579. The van der Waals surface area contributed by atoms with Crippen molar-refractivity contribution in [3.05, 3.63) is 35.9 Å². The van der Waals surface area contributed by atoms with Crippen LogP contribution >= 0.6 is 0 Å². The Morgan fingerprint density at radius 3 is 2.44 bits per heavy atom. The Kier molecular flexibility index (Phi) is 4.76. The molecule has 1 heterocycles. The molecule has 1 aliphatic heterocycles. The van der Waals surface area contributed by atoms with Crippen LogP contribution < -0.4 is 0 Å². The summed E-state index contributed by atoms with van der Waals surface area (Å²) >= 11 is 0. The fraction of sp³-hybridized carbons (Fsp3) is 0.600. The summed E-state index contributed by atoms with van der Waals surface area (Å²) in [5, 5.41) is 0. The lowest BCUT2D eigenvalue weighted by atomic mass is 9.88. The third-order valence-electron chi connectivity index (χ3n) is 4.97. The predicted octanol–water partition coefficient (Wildman–Crippen LogP) is 3.91. The van der Waals surface area contributed by atoms with Crippen molar-refractivity contribution in [2.24, 2.45) is 5.41 Å². The monoisotopic (exact) mass is 345 g/mol. The van der Waals surface area contributed by atoms with Gasteiger partial charge in [0.25, 0.3) is 0 Å². The smallest absolute Gasteiger partial charge is 0.411 e. The Morgan fingerprint density at radius 2 is 1.84 bits per heavy atom. The first-order valence-electron chi connectivity index (χ1n) is 8.98. The van der Waals surface area contributed by atoms with E-state index in [1.807, 2.05) is 51.1 Å². The molecular formula is C20H27NO4. The van der Waals surface area contributed by atoms with Crippen molar-refractivity contribution in [1.82, 2.24) is 4.90 Å². The number of rotatable bonds is 3. The van der Waals surface area contributed by atoms with Crippen LogP contribution in [0, 0.1) is 5.41 Å². The molecule has 1 saturated carbocycles.